The van der Waals surface area contributed by atoms with Gasteiger partial charge in [-0.15, -0.1) is 0 Å². The van der Waals surface area contributed by atoms with Gasteiger partial charge in [-0.2, -0.15) is 0 Å². The van der Waals surface area contributed by atoms with Crippen molar-refractivity contribution < 1.29 is 5.11 Å². The van der Waals surface area contributed by atoms with Crippen LogP contribution >= 0.6 is 0 Å². The highest BCUT2D eigenvalue weighted by atomic mass is 16.3. The Balaban J connectivity index is 1.64. The van der Waals surface area contributed by atoms with E-state index in [1.54, 1.807) is 12.4 Å². The Morgan fingerprint density at radius 1 is 1.36 bits per heavy atom. The molecule has 0 spiro atoms. The number of aliphatic hydroxyl groups excluding tert-OH is 1. The smallest absolute Gasteiger partial charge is 0.156 e. The first-order valence-electron chi connectivity index (χ1n) is 8.67. The van der Waals surface area contributed by atoms with Crippen LogP contribution in [0.4, 0.5) is 5.82 Å². The average Bonchev–Trinajstić information content (AvgIpc) is 3.12. The fourth-order valence-electron chi connectivity index (χ4n) is 3.30. The van der Waals surface area contributed by atoms with Crippen molar-refractivity contribution in [1.29, 1.82) is 0 Å². The van der Waals surface area contributed by atoms with Crippen LogP contribution in [0, 0.1) is 0 Å². The molecule has 4 rings (SSSR count). The molecule has 7 nitrogen and oxygen atoms in total. The first-order valence-corrected chi connectivity index (χ1v) is 8.67. The third-order valence-electron chi connectivity index (χ3n) is 4.77. The normalized spacial score (nSPS) is 21.5. The number of rotatable bonds is 4. The highest BCUT2D eigenvalue weighted by molar-refractivity contribution is 5.78. The van der Waals surface area contributed by atoms with Crippen LogP contribution in [0.15, 0.2) is 36.8 Å². The summed E-state index contributed by atoms with van der Waals surface area (Å²) in [7, 11) is 0. The second kappa shape index (κ2) is 6.78. The molecule has 3 aromatic heterocycles. The summed E-state index contributed by atoms with van der Waals surface area (Å²) < 4.78 is 0. The average molecular weight is 338 g/mol. The first kappa shape index (κ1) is 16.0. The maximum Gasteiger partial charge on any atom is 0.156 e. The minimum absolute atomic E-state index is 0.0497. The maximum atomic E-state index is 10.4. The van der Waals surface area contributed by atoms with E-state index < -0.39 is 0 Å². The summed E-state index contributed by atoms with van der Waals surface area (Å²) in [5.74, 6) is 0.730. The first-order chi connectivity index (χ1) is 12.2. The molecule has 0 aromatic carbocycles. The van der Waals surface area contributed by atoms with Crippen LogP contribution in [0.25, 0.3) is 22.4 Å². The molecule has 0 bridgehead atoms. The number of likely N-dealkylation sites (N-methyl/N-ethyl adjacent to an activating group) is 1. The molecular formula is C18H22N6O. The highest BCUT2D eigenvalue weighted by Crippen LogP contribution is 2.26. The van der Waals surface area contributed by atoms with Crippen LogP contribution in [0.1, 0.15) is 13.3 Å². The number of nitrogens with zero attached hydrogens (tertiary/aromatic N) is 4. The fourth-order valence-corrected chi connectivity index (χ4v) is 3.30. The lowest BCUT2D eigenvalue weighted by Crippen LogP contribution is -2.50. The lowest BCUT2D eigenvalue weighted by Gasteiger charge is -2.36. The molecule has 0 unspecified atom stereocenters. The lowest BCUT2D eigenvalue weighted by molar-refractivity contribution is 0.0722. The number of H-pyrrole nitrogens is 1. The zero-order valence-corrected chi connectivity index (χ0v) is 14.2. The summed E-state index contributed by atoms with van der Waals surface area (Å²) in [6, 6.07) is 5.72. The number of hydrogen-bond acceptors (Lipinski definition) is 6. The second-order valence-electron chi connectivity index (χ2n) is 6.37. The summed E-state index contributed by atoms with van der Waals surface area (Å²) in [5, 5.41) is 13.8. The van der Waals surface area contributed by atoms with E-state index in [4.69, 9.17) is 0 Å². The van der Waals surface area contributed by atoms with Gasteiger partial charge in [0, 0.05) is 31.0 Å². The largest absolute Gasteiger partial charge is 0.391 e. The summed E-state index contributed by atoms with van der Waals surface area (Å²) in [6.07, 6.45) is 5.71. The van der Waals surface area contributed by atoms with Crippen molar-refractivity contribution in [3.63, 3.8) is 0 Å². The summed E-state index contributed by atoms with van der Waals surface area (Å²) >= 11 is 0. The molecule has 1 aliphatic rings. The van der Waals surface area contributed by atoms with Crippen LogP contribution in [0.3, 0.4) is 0 Å². The number of piperidine rings is 1. The molecular weight excluding hydrogens is 316 g/mol. The van der Waals surface area contributed by atoms with Crippen molar-refractivity contribution in [3.8, 4) is 11.3 Å². The number of aliphatic hydroxyl groups is 1. The molecule has 7 heteroatoms. The number of hydrogen-bond donors (Lipinski definition) is 3. The Morgan fingerprint density at radius 3 is 3.16 bits per heavy atom. The number of anilines is 1. The Kier molecular flexibility index (Phi) is 4.33. The zero-order valence-electron chi connectivity index (χ0n) is 14.2. The van der Waals surface area contributed by atoms with Crippen LogP contribution in [0.5, 0.6) is 0 Å². The molecule has 0 radical (unpaired) electrons. The van der Waals surface area contributed by atoms with Gasteiger partial charge in [-0.3, -0.25) is 0 Å². The van der Waals surface area contributed by atoms with Gasteiger partial charge in [0.2, 0.25) is 0 Å². The van der Waals surface area contributed by atoms with Crippen molar-refractivity contribution >= 4 is 17.0 Å². The molecule has 0 aliphatic carbocycles. The quantitative estimate of drug-likeness (QED) is 0.673. The topological polar surface area (TPSA) is 90.0 Å². The predicted molar refractivity (Wildman–Crippen MR) is 97.3 cm³/mol. The summed E-state index contributed by atoms with van der Waals surface area (Å²) in [5.41, 5.74) is 3.24. The van der Waals surface area contributed by atoms with E-state index in [2.05, 4.69) is 37.1 Å². The molecule has 4 heterocycles. The van der Waals surface area contributed by atoms with Gasteiger partial charge in [0.1, 0.15) is 11.3 Å². The Hall–Kier alpha value is -2.51. The van der Waals surface area contributed by atoms with Crippen molar-refractivity contribution in [2.45, 2.75) is 25.5 Å². The van der Waals surface area contributed by atoms with Crippen molar-refractivity contribution in [1.82, 2.24) is 24.8 Å². The van der Waals surface area contributed by atoms with Gasteiger partial charge in [-0.1, -0.05) is 6.92 Å². The SMILES string of the molecule is CCN1CC[C@@H](O)[C@H](Nc2ncccc2-c2cnc3[nH]ccc3n2)C1. The van der Waals surface area contributed by atoms with Crippen LogP contribution in [-0.4, -0.2) is 61.7 Å². The van der Waals surface area contributed by atoms with E-state index in [1.807, 2.05) is 24.4 Å². The molecule has 1 aliphatic heterocycles. The number of nitrogens with one attached hydrogen (secondary N) is 2. The number of likely N-dealkylation sites (tertiary alicyclic amines) is 1. The molecule has 2 atom stereocenters. The van der Waals surface area contributed by atoms with Crippen LogP contribution < -0.4 is 5.32 Å². The van der Waals surface area contributed by atoms with E-state index >= 15 is 0 Å². The van der Waals surface area contributed by atoms with Crippen LogP contribution in [0.2, 0.25) is 0 Å². The van der Waals surface area contributed by atoms with Gasteiger partial charge < -0.3 is 20.3 Å². The molecule has 1 saturated heterocycles. The van der Waals surface area contributed by atoms with Gasteiger partial charge in [0.25, 0.3) is 0 Å². The van der Waals surface area contributed by atoms with E-state index in [0.717, 1.165) is 54.3 Å². The number of aromatic nitrogens is 4. The maximum absolute atomic E-state index is 10.4. The van der Waals surface area contributed by atoms with Crippen molar-refractivity contribution in [2.24, 2.45) is 0 Å². The van der Waals surface area contributed by atoms with Crippen molar-refractivity contribution in [2.75, 3.05) is 25.0 Å². The number of aromatic amines is 1. The zero-order chi connectivity index (χ0) is 17.2. The Labute approximate surface area is 146 Å². The van der Waals surface area contributed by atoms with E-state index in [1.165, 1.54) is 0 Å². The third-order valence-corrected chi connectivity index (χ3v) is 4.77. The second-order valence-corrected chi connectivity index (χ2v) is 6.37. The Bertz CT molecular complexity index is 863. The van der Waals surface area contributed by atoms with Gasteiger partial charge in [0.05, 0.1) is 24.0 Å². The molecule has 3 aromatic rings. The summed E-state index contributed by atoms with van der Waals surface area (Å²) in [4.78, 5) is 18.9. The van der Waals surface area contributed by atoms with Gasteiger partial charge in [-0.05, 0) is 31.2 Å². The molecule has 1 fully saturated rings. The highest BCUT2D eigenvalue weighted by Gasteiger charge is 2.27. The lowest BCUT2D eigenvalue weighted by atomic mass is 10.0. The van der Waals surface area contributed by atoms with Gasteiger partial charge in [-0.25, -0.2) is 15.0 Å². The standard InChI is InChI=1S/C18H22N6O/c1-2-24-9-6-16(25)15(11-24)23-17-12(4-3-7-19-17)14-10-21-18-13(22-14)5-8-20-18/h3-5,7-8,10,15-16,25H,2,6,9,11H2,1H3,(H,19,23)(H,20,21)/t15-,16-/m1/s1. The fraction of sp³-hybridized carbons (Fsp3) is 0.389. The van der Waals surface area contributed by atoms with E-state index in [9.17, 15) is 5.11 Å². The Morgan fingerprint density at radius 2 is 2.28 bits per heavy atom. The molecule has 0 amide bonds. The van der Waals surface area contributed by atoms with Crippen LogP contribution in [-0.2, 0) is 0 Å². The van der Waals surface area contributed by atoms with Crippen molar-refractivity contribution in [3.05, 3.63) is 36.8 Å². The molecule has 0 saturated carbocycles. The van der Waals surface area contributed by atoms with E-state index in [0.29, 0.717) is 0 Å². The number of fused-ring (bicyclic) bond motifs is 1. The summed E-state index contributed by atoms with van der Waals surface area (Å²) in [6.45, 7) is 4.86. The monoisotopic (exact) mass is 338 g/mol. The molecule has 130 valence electrons. The van der Waals surface area contributed by atoms with E-state index in [-0.39, 0.29) is 12.1 Å². The third kappa shape index (κ3) is 3.20. The molecule has 3 N–H and O–H groups in total. The number of pyridine rings is 1. The minimum Gasteiger partial charge on any atom is -0.391 e. The van der Waals surface area contributed by atoms with Gasteiger partial charge in [0.15, 0.2) is 5.65 Å². The molecule has 25 heavy (non-hydrogen) atoms. The van der Waals surface area contributed by atoms with Gasteiger partial charge >= 0.3 is 0 Å². The predicted octanol–water partition coefficient (Wildman–Crippen LogP) is 1.89. The minimum atomic E-state index is -0.379.